The normalized spacial score (nSPS) is 22.4. The van der Waals surface area contributed by atoms with Gasteiger partial charge < -0.3 is 0 Å². The van der Waals surface area contributed by atoms with Gasteiger partial charge in [0.2, 0.25) is 0 Å². The van der Waals surface area contributed by atoms with Crippen LogP contribution in [0, 0.1) is 0 Å². The van der Waals surface area contributed by atoms with Crippen molar-refractivity contribution in [2.24, 2.45) is 0 Å². The van der Waals surface area contributed by atoms with E-state index in [1.165, 1.54) is 6.20 Å². The van der Waals surface area contributed by atoms with Gasteiger partial charge in [-0.25, -0.2) is 0 Å². The molecule has 4 heteroatoms. The van der Waals surface area contributed by atoms with Crippen molar-refractivity contribution in [3.8, 4) is 0 Å². The zero-order valence-electron chi connectivity index (χ0n) is 8.80. The molecule has 0 aromatic carbocycles. The molecule has 1 aromatic heterocycles. The van der Waals surface area contributed by atoms with Crippen molar-refractivity contribution in [1.29, 1.82) is 0 Å². The van der Waals surface area contributed by atoms with E-state index in [2.05, 4.69) is 26.2 Å². The average molecular weight is 181 g/mol. The van der Waals surface area contributed by atoms with Crippen molar-refractivity contribution in [3.05, 3.63) is 10.8 Å². The Morgan fingerprint density at radius 2 is 3.12 bits per heavy atom. The van der Waals surface area contributed by atoms with E-state index in [4.69, 9.17) is 6.85 Å². The van der Waals surface area contributed by atoms with Gasteiger partial charge >= 0.3 is 0 Å². The van der Waals surface area contributed by atoms with Gasteiger partial charge in [0.05, 0.1) is 8.94 Å². The summed E-state index contributed by atoms with van der Waals surface area (Å²) in [5.74, 6) is 0. The first-order chi connectivity index (χ1) is 5.75. The molecule has 1 heterocycles. The average Bonchev–Trinajstić information content (AvgIpc) is 2.33. The molecule has 0 bridgehead atoms. The lowest BCUT2D eigenvalue weighted by Gasteiger charge is -1.85. The molecule has 0 aliphatic rings. The summed E-state index contributed by atoms with van der Waals surface area (Å²) in [4.78, 5) is 0. The van der Waals surface area contributed by atoms with Gasteiger partial charge in [0.1, 0.15) is 4.60 Å². The molecule has 0 atom stereocenters. The molecule has 0 fully saturated rings. The van der Waals surface area contributed by atoms with Gasteiger partial charge in [0.15, 0.2) is 0 Å². The Morgan fingerprint density at radius 1 is 2.25 bits per heavy atom. The maximum Gasteiger partial charge on any atom is 0.148 e. The first-order valence-electron chi connectivity index (χ1n) is 4.33. The van der Waals surface area contributed by atoms with E-state index in [9.17, 15) is 0 Å². The maximum absolute atomic E-state index is 7.28. The molecule has 8 heavy (non-hydrogen) atoms. The summed E-state index contributed by atoms with van der Waals surface area (Å²) in [6.45, 7) is -5.30. The second kappa shape index (κ2) is 2.26. The van der Waals surface area contributed by atoms with Crippen LogP contribution >= 0.6 is 15.9 Å². The molecule has 0 saturated carbocycles. The Balaban J connectivity index is 3.07. The first kappa shape index (κ1) is 2.10. The zero-order chi connectivity index (χ0) is 10.3. The number of aryl methyl sites for hydroxylation is 1. The monoisotopic (exact) mass is 180 g/mol. The lowest BCUT2D eigenvalue weighted by Crippen LogP contribution is -1.93. The molecule has 0 spiro atoms. The van der Waals surface area contributed by atoms with Gasteiger partial charge in [0, 0.05) is 10.6 Å². The summed E-state index contributed by atoms with van der Waals surface area (Å²) >= 11 is 2.95. The largest absolute Gasteiger partial charge is 0.252 e. The van der Waals surface area contributed by atoms with E-state index in [1.807, 2.05) is 0 Å². The van der Waals surface area contributed by atoms with Crippen LogP contribution in [0.4, 0.5) is 0 Å². The number of hydrogen-bond donors (Lipinski definition) is 0. The summed E-state index contributed by atoms with van der Waals surface area (Å²) in [5.41, 5.74) is 0. The molecule has 0 aliphatic heterocycles. The van der Waals surface area contributed by atoms with E-state index >= 15 is 0 Å². The van der Waals surface area contributed by atoms with Crippen molar-refractivity contribution < 1.29 is 6.85 Å². The third-order valence-electron chi connectivity index (χ3n) is 0.580. The molecule has 0 amide bonds. The second-order valence-electron chi connectivity index (χ2n) is 1.10. The van der Waals surface area contributed by atoms with Crippen molar-refractivity contribution >= 4 is 15.9 Å². The van der Waals surface area contributed by atoms with Crippen molar-refractivity contribution in [2.75, 3.05) is 0 Å². The molecule has 3 nitrogen and oxygen atoms in total. The Morgan fingerprint density at radius 3 is 3.62 bits per heavy atom. The highest BCUT2D eigenvalue weighted by Crippen LogP contribution is 2.00. The molecule has 0 N–H and O–H groups in total. The number of rotatable bonds is 1. The van der Waals surface area contributed by atoms with Crippen molar-refractivity contribution in [2.45, 2.75) is 13.3 Å². The highest BCUT2D eigenvalue weighted by atomic mass is 79.9. The van der Waals surface area contributed by atoms with Gasteiger partial charge in [-0.15, -0.1) is 5.10 Å². The zero-order valence-corrected chi connectivity index (χ0v) is 5.38. The van der Waals surface area contributed by atoms with E-state index < -0.39 is 13.3 Å². The minimum absolute atomic E-state index is 0.292. The molecule has 0 saturated heterocycles. The fraction of sp³-hybridized carbons (Fsp3) is 0.500. The number of nitrogens with zero attached hydrogens (tertiary/aromatic N) is 3. The molecular weight excluding hydrogens is 170 g/mol. The van der Waals surface area contributed by atoms with E-state index in [0.29, 0.717) is 9.28 Å². The second-order valence-corrected chi connectivity index (χ2v) is 1.91. The molecule has 44 valence electrons. The lowest BCUT2D eigenvalue weighted by atomic mass is 10.7. The van der Waals surface area contributed by atoms with Crippen LogP contribution in [0.15, 0.2) is 10.8 Å². The minimum atomic E-state index is -2.76. The lowest BCUT2D eigenvalue weighted by molar-refractivity contribution is 0.626. The van der Waals surface area contributed by atoms with Crippen LogP contribution in [0.3, 0.4) is 0 Å². The molecule has 1 rings (SSSR count). The Hall–Kier alpha value is -0.380. The van der Waals surface area contributed by atoms with Crippen LogP contribution < -0.4 is 0 Å². The molecule has 0 radical (unpaired) electrons. The summed E-state index contributed by atoms with van der Waals surface area (Å²) in [6.07, 6.45) is 1.17. The van der Waals surface area contributed by atoms with Crippen LogP contribution in [0.5, 0.6) is 0 Å². The Labute approximate surface area is 62.8 Å². The van der Waals surface area contributed by atoms with Gasteiger partial charge in [0.25, 0.3) is 0 Å². The molecular formula is C4H6BrN3. The Bertz CT molecular complexity index is 305. The van der Waals surface area contributed by atoms with Crippen molar-refractivity contribution in [1.82, 2.24) is 15.0 Å². The van der Waals surface area contributed by atoms with Crippen LogP contribution in [-0.2, 0) is 6.50 Å². The highest BCUT2D eigenvalue weighted by Gasteiger charge is 1.89. The minimum Gasteiger partial charge on any atom is -0.252 e. The van der Waals surface area contributed by atoms with E-state index in [1.54, 1.807) is 0 Å². The quantitative estimate of drug-likeness (QED) is 0.648. The first-order valence-corrected chi connectivity index (χ1v) is 2.63. The maximum atomic E-state index is 7.28. The third-order valence-corrected chi connectivity index (χ3v) is 0.943. The third kappa shape index (κ3) is 1.06. The summed E-state index contributed by atoms with van der Waals surface area (Å²) in [5, 5.41) is 6.77. The topological polar surface area (TPSA) is 30.7 Å². The number of aromatic nitrogens is 3. The number of halogens is 1. The summed E-state index contributed by atoms with van der Waals surface area (Å²) in [6, 6.07) is 0. The van der Waals surface area contributed by atoms with Crippen LogP contribution in [0.1, 0.15) is 13.7 Å². The van der Waals surface area contributed by atoms with Gasteiger partial charge in [-0.2, -0.15) is 0 Å². The van der Waals surface area contributed by atoms with Crippen LogP contribution in [0.25, 0.3) is 0 Å². The van der Waals surface area contributed by atoms with E-state index in [0.717, 1.165) is 0 Å². The predicted octanol–water partition coefficient (Wildman–Crippen LogP) is 1.06. The molecule has 0 aliphatic carbocycles. The van der Waals surface area contributed by atoms with Gasteiger partial charge in [-0.1, -0.05) is 5.21 Å². The smallest absolute Gasteiger partial charge is 0.148 e. The van der Waals surface area contributed by atoms with Crippen molar-refractivity contribution in [3.63, 3.8) is 0 Å². The van der Waals surface area contributed by atoms with Gasteiger partial charge in [-0.05, 0) is 22.8 Å². The van der Waals surface area contributed by atoms with Gasteiger partial charge in [-0.3, -0.25) is 4.68 Å². The molecule has 1 aromatic rings. The predicted molar refractivity (Wildman–Crippen MR) is 33.4 cm³/mol. The highest BCUT2D eigenvalue weighted by molar-refractivity contribution is 9.10. The number of hydrogen-bond acceptors (Lipinski definition) is 2. The SMILES string of the molecule is [2H]C([2H])([2H])C([2H])([2H])n1cc(Br)nn1. The van der Waals surface area contributed by atoms with Crippen LogP contribution in [0.2, 0.25) is 0 Å². The Kier molecular flexibility index (Phi) is 0.592. The molecule has 0 unspecified atom stereocenters. The fourth-order valence-corrected chi connectivity index (χ4v) is 0.563. The summed E-state index contributed by atoms with van der Waals surface area (Å²) in [7, 11) is 0. The fourth-order valence-electron chi connectivity index (χ4n) is 0.298. The van der Waals surface area contributed by atoms with Crippen LogP contribution in [-0.4, -0.2) is 15.0 Å². The summed E-state index contributed by atoms with van der Waals surface area (Å²) < 4.78 is 36.3. The van der Waals surface area contributed by atoms with E-state index in [-0.39, 0.29) is 0 Å². The standard InChI is InChI=1S/C4H6BrN3/c1-2-8-3-4(5)6-7-8/h3H,2H2,1H3/i1D3,2D2.